The van der Waals surface area contributed by atoms with Crippen molar-refractivity contribution in [2.45, 2.75) is 13.3 Å². The first kappa shape index (κ1) is 10.2. The van der Waals surface area contributed by atoms with E-state index in [2.05, 4.69) is 0 Å². The zero-order chi connectivity index (χ0) is 10.7. The maximum Gasteiger partial charge on any atom is 0.335 e. The van der Waals surface area contributed by atoms with Gasteiger partial charge < -0.3 is 10.2 Å². The van der Waals surface area contributed by atoms with Crippen molar-refractivity contribution in [1.82, 2.24) is 0 Å². The maximum atomic E-state index is 10.7. The first-order valence-corrected chi connectivity index (χ1v) is 4.09. The lowest BCUT2D eigenvalue weighted by molar-refractivity contribution is -0.134. The van der Waals surface area contributed by atoms with E-state index in [1.807, 2.05) is 0 Å². The van der Waals surface area contributed by atoms with Crippen molar-refractivity contribution in [2.75, 3.05) is 0 Å². The van der Waals surface area contributed by atoms with E-state index in [1.54, 1.807) is 13.0 Å². The zero-order valence-electron chi connectivity index (χ0n) is 7.65. The second-order valence-electron chi connectivity index (χ2n) is 2.87. The highest BCUT2D eigenvalue weighted by molar-refractivity contribution is 5.96. The standard InChI is InChI=1S/C10H10O4/c1-2-6-5-7(9(11)12)3-4-8(6)10(13)14/h2-4H,5H2,1H3,(H,11,12)(H,13,14). The molecule has 14 heavy (non-hydrogen) atoms. The molecule has 4 nitrogen and oxygen atoms in total. The Balaban J connectivity index is 3.09. The smallest absolute Gasteiger partial charge is 0.335 e. The number of carboxylic acid groups (broad SMARTS) is 2. The Morgan fingerprint density at radius 3 is 2.36 bits per heavy atom. The van der Waals surface area contributed by atoms with Crippen LogP contribution in [-0.4, -0.2) is 22.2 Å². The molecule has 0 radical (unpaired) electrons. The quantitative estimate of drug-likeness (QED) is 0.695. The summed E-state index contributed by atoms with van der Waals surface area (Å²) in [7, 11) is 0. The summed E-state index contributed by atoms with van der Waals surface area (Å²) in [4.78, 5) is 21.3. The number of hydrogen-bond acceptors (Lipinski definition) is 2. The molecular weight excluding hydrogens is 184 g/mol. The summed E-state index contributed by atoms with van der Waals surface area (Å²) in [5, 5.41) is 17.5. The van der Waals surface area contributed by atoms with Crippen molar-refractivity contribution in [1.29, 1.82) is 0 Å². The average Bonchev–Trinajstić information content (AvgIpc) is 2.16. The van der Waals surface area contributed by atoms with E-state index in [-0.39, 0.29) is 17.6 Å². The van der Waals surface area contributed by atoms with Gasteiger partial charge in [0.1, 0.15) is 0 Å². The van der Waals surface area contributed by atoms with Crippen LogP contribution in [0.5, 0.6) is 0 Å². The van der Waals surface area contributed by atoms with Crippen LogP contribution >= 0.6 is 0 Å². The normalized spacial score (nSPS) is 18.8. The molecule has 74 valence electrons. The highest BCUT2D eigenvalue weighted by Crippen LogP contribution is 2.24. The molecule has 1 rings (SSSR count). The SMILES string of the molecule is CC=C1CC(C(=O)O)=CC=C1C(=O)O. The van der Waals surface area contributed by atoms with Crippen molar-refractivity contribution in [3.63, 3.8) is 0 Å². The van der Waals surface area contributed by atoms with Gasteiger partial charge in [-0.25, -0.2) is 9.59 Å². The molecule has 0 aromatic rings. The van der Waals surface area contributed by atoms with Gasteiger partial charge in [-0.3, -0.25) is 0 Å². The fraction of sp³-hybridized carbons (Fsp3) is 0.200. The lowest BCUT2D eigenvalue weighted by Crippen LogP contribution is -2.11. The van der Waals surface area contributed by atoms with Gasteiger partial charge in [0.05, 0.1) is 5.57 Å². The van der Waals surface area contributed by atoms with E-state index in [0.717, 1.165) is 0 Å². The molecular formula is C10H10O4. The van der Waals surface area contributed by atoms with Gasteiger partial charge >= 0.3 is 11.9 Å². The average molecular weight is 194 g/mol. The monoisotopic (exact) mass is 194 g/mol. The first-order valence-electron chi connectivity index (χ1n) is 4.09. The Kier molecular flexibility index (Phi) is 2.86. The molecule has 0 saturated carbocycles. The molecule has 0 unspecified atom stereocenters. The molecule has 0 fully saturated rings. The number of carbonyl (C=O) groups is 2. The van der Waals surface area contributed by atoms with Crippen LogP contribution in [0.1, 0.15) is 13.3 Å². The molecule has 0 saturated heterocycles. The second-order valence-corrected chi connectivity index (χ2v) is 2.87. The molecule has 0 aromatic heterocycles. The predicted octanol–water partition coefficient (Wildman–Crippen LogP) is 1.36. The van der Waals surface area contributed by atoms with Gasteiger partial charge in [0, 0.05) is 12.0 Å². The summed E-state index contributed by atoms with van der Waals surface area (Å²) in [6.07, 6.45) is 4.45. The van der Waals surface area contributed by atoms with Gasteiger partial charge in [0.2, 0.25) is 0 Å². The van der Waals surface area contributed by atoms with Crippen LogP contribution < -0.4 is 0 Å². The molecule has 4 heteroatoms. The number of carboxylic acids is 2. The van der Waals surface area contributed by atoms with Gasteiger partial charge in [-0.2, -0.15) is 0 Å². The van der Waals surface area contributed by atoms with Gasteiger partial charge in [-0.15, -0.1) is 0 Å². The molecule has 0 bridgehead atoms. The third kappa shape index (κ3) is 1.90. The fourth-order valence-corrected chi connectivity index (χ4v) is 1.26. The van der Waals surface area contributed by atoms with Crippen LogP contribution in [-0.2, 0) is 9.59 Å². The highest BCUT2D eigenvalue weighted by Gasteiger charge is 2.20. The highest BCUT2D eigenvalue weighted by atomic mass is 16.4. The Labute approximate surface area is 80.9 Å². The number of rotatable bonds is 2. The number of allylic oxidation sites excluding steroid dienone is 3. The summed E-state index contributed by atoms with van der Waals surface area (Å²) in [5.74, 6) is -2.04. The maximum absolute atomic E-state index is 10.7. The number of aliphatic carboxylic acids is 2. The molecule has 0 heterocycles. The molecule has 1 aliphatic carbocycles. The van der Waals surface area contributed by atoms with Crippen LogP contribution in [0.4, 0.5) is 0 Å². The molecule has 0 amide bonds. The minimum absolute atomic E-state index is 0.164. The summed E-state index contributed by atoms with van der Waals surface area (Å²) < 4.78 is 0. The van der Waals surface area contributed by atoms with Crippen LogP contribution in [0.2, 0.25) is 0 Å². The van der Waals surface area contributed by atoms with Gasteiger partial charge in [-0.1, -0.05) is 12.2 Å². The van der Waals surface area contributed by atoms with E-state index in [0.29, 0.717) is 5.57 Å². The summed E-state index contributed by atoms with van der Waals surface area (Å²) in [5.41, 5.74) is 0.915. The van der Waals surface area contributed by atoms with Crippen molar-refractivity contribution >= 4 is 11.9 Å². The second kappa shape index (κ2) is 3.91. The van der Waals surface area contributed by atoms with E-state index in [4.69, 9.17) is 10.2 Å². The van der Waals surface area contributed by atoms with Gasteiger partial charge in [0.25, 0.3) is 0 Å². The van der Waals surface area contributed by atoms with E-state index < -0.39 is 11.9 Å². The van der Waals surface area contributed by atoms with Gasteiger partial charge in [-0.05, 0) is 18.6 Å². The third-order valence-corrected chi connectivity index (χ3v) is 2.03. The lowest BCUT2D eigenvalue weighted by Gasteiger charge is -2.12. The van der Waals surface area contributed by atoms with Crippen molar-refractivity contribution < 1.29 is 19.8 Å². The summed E-state index contributed by atoms with van der Waals surface area (Å²) >= 11 is 0. The van der Waals surface area contributed by atoms with Crippen LogP contribution in [0.15, 0.2) is 34.9 Å². The fourth-order valence-electron chi connectivity index (χ4n) is 1.26. The van der Waals surface area contributed by atoms with Crippen LogP contribution in [0.25, 0.3) is 0 Å². The van der Waals surface area contributed by atoms with E-state index >= 15 is 0 Å². The third-order valence-electron chi connectivity index (χ3n) is 2.03. The molecule has 0 aromatic carbocycles. The Morgan fingerprint density at radius 2 is 1.93 bits per heavy atom. The lowest BCUT2D eigenvalue weighted by atomic mass is 9.92. The Morgan fingerprint density at radius 1 is 1.29 bits per heavy atom. The topological polar surface area (TPSA) is 74.6 Å². The van der Waals surface area contributed by atoms with E-state index in [9.17, 15) is 9.59 Å². The molecule has 0 atom stereocenters. The summed E-state index contributed by atoms with van der Waals surface area (Å²) in [6.45, 7) is 1.69. The van der Waals surface area contributed by atoms with Crippen LogP contribution in [0.3, 0.4) is 0 Å². The Hall–Kier alpha value is -1.84. The van der Waals surface area contributed by atoms with Crippen molar-refractivity contribution in [2.24, 2.45) is 0 Å². The largest absolute Gasteiger partial charge is 0.478 e. The van der Waals surface area contributed by atoms with Crippen LogP contribution in [0, 0.1) is 0 Å². The molecule has 0 aliphatic heterocycles. The number of hydrogen-bond donors (Lipinski definition) is 2. The van der Waals surface area contributed by atoms with E-state index in [1.165, 1.54) is 12.2 Å². The molecule has 2 N–H and O–H groups in total. The van der Waals surface area contributed by atoms with Crippen molar-refractivity contribution in [3.8, 4) is 0 Å². The Bertz CT molecular complexity index is 372. The molecule has 0 spiro atoms. The molecule has 1 aliphatic rings. The van der Waals surface area contributed by atoms with Crippen molar-refractivity contribution in [3.05, 3.63) is 34.9 Å². The van der Waals surface area contributed by atoms with Gasteiger partial charge in [0.15, 0.2) is 0 Å². The predicted molar refractivity (Wildman–Crippen MR) is 49.8 cm³/mol. The zero-order valence-corrected chi connectivity index (χ0v) is 7.65. The first-order chi connectivity index (χ1) is 6.56. The summed E-state index contributed by atoms with van der Waals surface area (Å²) in [6, 6.07) is 0. The minimum Gasteiger partial charge on any atom is -0.478 e. The minimum atomic E-state index is -1.03.